The summed E-state index contributed by atoms with van der Waals surface area (Å²) in [6, 6.07) is 5.35. The Labute approximate surface area is 110 Å². The monoisotopic (exact) mass is 268 g/mol. The van der Waals surface area contributed by atoms with E-state index < -0.39 is 10.8 Å². The maximum atomic E-state index is 12.0. The lowest BCUT2D eigenvalue weighted by molar-refractivity contribution is -0.118. The zero-order valence-corrected chi connectivity index (χ0v) is 11.7. The van der Waals surface area contributed by atoms with Gasteiger partial charge >= 0.3 is 0 Å². The molecule has 100 valence electrons. The van der Waals surface area contributed by atoms with Crippen LogP contribution >= 0.6 is 0 Å². The van der Waals surface area contributed by atoms with E-state index >= 15 is 0 Å². The molecule has 0 radical (unpaired) electrons. The number of rotatable bonds is 6. The van der Waals surface area contributed by atoms with Crippen molar-refractivity contribution in [2.24, 2.45) is 0 Å². The van der Waals surface area contributed by atoms with Crippen molar-refractivity contribution in [2.45, 2.75) is 31.6 Å². The molecule has 3 N–H and O–H groups in total. The van der Waals surface area contributed by atoms with Crippen molar-refractivity contribution < 1.29 is 9.00 Å². The molecular formula is C13H20N2O2S. The minimum atomic E-state index is -1.38. The summed E-state index contributed by atoms with van der Waals surface area (Å²) in [5.41, 5.74) is 7.22. The maximum Gasteiger partial charge on any atom is 0.233 e. The van der Waals surface area contributed by atoms with Crippen LogP contribution in [0.25, 0.3) is 0 Å². The average molecular weight is 268 g/mol. The molecule has 0 saturated heterocycles. The summed E-state index contributed by atoms with van der Waals surface area (Å²) in [6.45, 7) is 4.59. The number of anilines is 1. The molecular weight excluding hydrogens is 248 g/mol. The second kappa shape index (κ2) is 7.16. The van der Waals surface area contributed by atoms with E-state index in [1.165, 1.54) is 0 Å². The number of hydrogen-bond acceptors (Lipinski definition) is 3. The summed E-state index contributed by atoms with van der Waals surface area (Å²) >= 11 is 0. The number of unbranched alkanes of at least 4 members (excludes halogenated alkanes) is 1. The SMILES string of the molecule is CCCCNC(=O)CS(=O)c1cc(C)ccc1N. The van der Waals surface area contributed by atoms with Gasteiger partial charge in [-0.15, -0.1) is 0 Å². The van der Waals surface area contributed by atoms with Gasteiger partial charge in [0.1, 0.15) is 5.75 Å². The molecule has 1 aromatic rings. The molecule has 0 spiro atoms. The number of carbonyl (C=O) groups excluding carboxylic acids is 1. The highest BCUT2D eigenvalue weighted by Gasteiger charge is 2.12. The molecule has 0 aliphatic carbocycles. The molecule has 0 saturated carbocycles. The minimum absolute atomic E-state index is 0.0304. The second-order valence-electron chi connectivity index (χ2n) is 4.23. The van der Waals surface area contributed by atoms with Gasteiger partial charge in [0.2, 0.25) is 5.91 Å². The highest BCUT2D eigenvalue weighted by molar-refractivity contribution is 7.86. The normalized spacial score (nSPS) is 12.1. The molecule has 18 heavy (non-hydrogen) atoms. The van der Waals surface area contributed by atoms with Crippen molar-refractivity contribution in [3.05, 3.63) is 23.8 Å². The molecule has 4 nitrogen and oxygen atoms in total. The Morgan fingerprint density at radius 2 is 2.17 bits per heavy atom. The van der Waals surface area contributed by atoms with Gasteiger partial charge in [0, 0.05) is 12.2 Å². The predicted octanol–water partition coefficient (Wildman–Crippen LogP) is 1.60. The molecule has 1 aromatic carbocycles. The molecule has 0 fully saturated rings. The van der Waals surface area contributed by atoms with Gasteiger partial charge in [-0.1, -0.05) is 19.4 Å². The van der Waals surface area contributed by atoms with Crippen LogP contribution in [-0.4, -0.2) is 22.4 Å². The van der Waals surface area contributed by atoms with Crippen LogP contribution in [0.1, 0.15) is 25.3 Å². The summed E-state index contributed by atoms with van der Waals surface area (Å²) in [5, 5.41) is 2.75. The van der Waals surface area contributed by atoms with Gasteiger partial charge in [0.05, 0.1) is 15.7 Å². The van der Waals surface area contributed by atoms with Crippen molar-refractivity contribution in [1.29, 1.82) is 0 Å². The minimum Gasteiger partial charge on any atom is -0.398 e. The number of hydrogen-bond donors (Lipinski definition) is 2. The summed E-state index contributed by atoms with van der Waals surface area (Å²) in [5.74, 6) is -0.222. The highest BCUT2D eigenvalue weighted by Crippen LogP contribution is 2.17. The number of nitrogen functional groups attached to an aromatic ring is 1. The molecule has 0 heterocycles. The largest absolute Gasteiger partial charge is 0.398 e. The molecule has 1 unspecified atom stereocenters. The van der Waals surface area contributed by atoms with Crippen LogP contribution in [0.15, 0.2) is 23.1 Å². The molecule has 5 heteroatoms. The molecule has 0 aliphatic rings. The number of carbonyl (C=O) groups is 1. The lowest BCUT2D eigenvalue weighted by Gasteiger charge is -2.07. The zero-order chi connectivity index (χ0) is 13.5. The van der Waals surface area contributed by atoms with Gasteiger partial charge in [-0.25, -0.2) is 0 Å². The Morgan fingerprint density at radius 1 is 1.44 bits per heavy atom. The van der Waals surface area contributed by atoms with E-state index in [2.05, 4.69) is 12.2 Å². The fraction of sp³-hybridized carbons (Fsp3) is 0.462. The van der Waals surface area contributed by atoms with E-state index in [1.807, 2.05) is 13.0 Å². The lowest BCUT2D eigenvalue weighted by atomic mass is 10.2. The van der Waals surface area contributed by atoms with Crippen LogP contribution in [0.3, 0.4) is 0 Å². The second-order valence-corrected chi connectivity index (χ2v) is 5.65. The van der Waals surface area contributed by atoms with E-state index in [0.29, 0.717) is 17.1 Å². The van der Waals surface area contributed by atoms with E-state index in [0.717, 1.165) is 18.4 Å². The molecule has 1 atom stereocenters. The van der Waals surface area contributed by atoms with Gasteiger partial charge in [-0.2, -0.15) is 0 Å². The summed E-state index contributed by atoms with van der Waals surface area (Å²) in [7, 11) is -1.38. The number of benzene rings is 1. The van der Waals surface area contributed by atoms with E-state index in [1.54, 1.807) is 12.1 Å². The molecule has 1 amide bonds. The van der Waals surface area contributed by atoms with Crippen LogP contribution < -0.4 is 11.1 Å². The predicted molar refractivity (Wildman–Crippen MR) is 74.8 cm³/mol. The van der Waals surface area contributed by atoms with E-state index in [-0.39, 0.29) is 11.7 Å². The van der Waals surface area contributed by atoms with Crippen LogP contribution in [-0.2, 0) is 15.6 Å². The van der Waals surface area contributed by atoms with Crippen molar-refractivity contribution in [3.8, 4) is 0 Å². The van der Waals surface area contributed by atoms with Crippen molar-refractivity contribution in [1.82, 2.24) is 5.32 Å². The number of aryl methyl sites for hydroxylation is 1. The topological polar surface area (TPSA) is 72.2 Å². The number of amides is 1. The van der Waals surface area contributed by atoms with E-state index in [4.69, 9.17) is 5.73 Å². The number of nitrogens with one attached hydrogen (secondary N) is 1. The van der Waals surface area contributed by atoms with Crippen LogP contribution in [0.4, 0.5) is 5.69 Å². The smallest absolute Gasteiger partial charge is 0.233 e. The van der Waals surface area contributed by atoms with Gasteiger partial charge in [0.25, 0.3) is 0 Å². The fourth-order valence-electron chi connectivity index (χ4n) is 1.49. The van der Waals surface area contributed by atoms with Gasteiger partial charge in [-0.05, 0) is 31.0 Å². The Hall–Kier alpha value is -1.36. The quantitative estimate of drug-likeness (QED) is 0.608. The van der Waals surface area contributed by atoms with Gasteiger partial charge in [-0.3, -0.25) is 9.00 Å². The van der Waals surface area contributed by atoms with Crippen molar-refractivity contribution in [2.75, 3.05) is 18.0 Å². The lowest BCUT2D eigenvalue weighted by Crippen LogP contribution is -2.29. The van der Waals surface area contributed by atoms with Crippen molar-refractivity contribution >= 4 is 22.4 Å². The maximum absolute atomic E-state index is 12.0. The Bertz CT molecular complexity index is 447. The Morgan fingerprint density at radius 3 is 2.83 bits per heavy atom. The average Bonchev–Trinajstić information content (AvgIpc) is 2.32. The first-order valence-electron chi connectivity index (χ1n) is 6.05. The van der Waals surface area contributed by atoms with E-state index in [9.17, 15) is 9.00 Å². The standard InChI is InChI=1S/C13H20N2O2S/c1-3-4-7-15-13(16)9-18(17)12-8-10(2)5-6-11(12)14/h5-6,8H,3-4,7,9,14H2,1-2H3,(H,15,16). The zero-order valence-electron chi connectivity index (χ0n) is 10.9. The molecule has 0 aromatic heterocycles. The molecule has 0 aliphatic heterocycles. The Kier molecular flexibility index (Phi) is 5.85. The van der Waals surface area contributed by atoms with Gasteiger partial charge in [0.15, 0.2) is 0 Å². The summed E-state index contributed by atoms with van der Waals surface area (Å²) < 4.78 is 12.0. The molecule has 1 rings (SSSR count). The third-order valence-corrected chi connectivity index (χ3v) is 3.90. The first kappa shape index (κ1) is 14.7. The number of nitrogens with two attached hydrogens (primary N) is 1. The van der Waals surface area contributed by atoms with Crippen molar-refractivity contribution in [3.63, 3.8) is 0 Å². The van der Waals surface area contributed by atoms with Crippen LogP contribution in [0, 0.1) is 6.92 Å². The highest BCUT2D eigenvalue weighted by atomic mass is 32.2. The summed E-state index contributed by atoms with van der Waals surface area (Å²) in [4.78, 5) is 12.1. The van der Waals surface area contributed by atoms with Gasteiger partial charge < -0.3 is 11.1 Å². The first-order chi connectivity index (χ1) is 8.54. The fourth-order valence-corrected chi connectivity index (χ4v) is 2.64. The van der Waals surface area contributed by atoms with Crippen LogP contribution in [0.5, 0.6) is 0 Å². The third-order valence-electron chi connectivity index (χ3n) is 2.53. The third kappa shape index (κ3) is 4.49. The summed E-state index contributed by atoms with van der Waals surface area (Å²) in [6.07, 6.45) is 1.96. The Balaban J connectivity index is 2.59. The first-order valence-corrected chi connectivity index (χ1v) is 7.37. The molecule has 0 bridgehead atoms. The van der Waals surface area contributed by atoms with Crippen LogP contribution in [0.2, 0.25) is 0 Å².